The van der Waals surface area contributed by atoms with Crippen LogP contribution in [0.1, 0.15) is 54.8 Å². The lowest BCUT2D eigenvalue weighted by atomic mass is 9.92. The van der Waals surface area contributed by atoms with Gasteiger partial charge in [0, 0.05) is 17.0 Å². The minimum atomic E-state index is -3.12. The number of amides is 1. The highest BCUT2D eigenvalue weighted by Crippen LogP contribution is 2.31. The molecule has 1 atom stereocenters. The minimum absolute atomic E-state index is 0.0208. The van der Waals surface area contributed by atoms with Gasteiger partial charge in [0.15, 0.2) is 9.84 Å². The topological polar surface area (TPSA) is 98.1 Å². The quantitative estimate of drug-likeness (QED) is 0.625. The highest BCUT2D eigenvalue weighted by atomic mass is 32.2. The Labute approximate surface area is 165 Å². The predicted molar refractivity (Wildman–Crippen MR) is 107 cm³/mol. The standard InChI is InChI=1S/C20H25N3O4S/c1-13-5-7-14(8-6-13)18(24)19(25)21-17-11-16(20(2,3)4)22-23(17)15-9-10-28(26,27)12-15/h5-8,11,15H,9-10,12H2,1-4H3,(H,21,25)/t15-/m1/s1. The van der Waals surface area contributed by atoms with Crippen molar-refractivity contribution in [2.45, 2.75) is 45.6 Å². The number of nitrogens with zero attached hydrogens (tertiary/aromatic N) is 2. The summed E-state index contributed by atoms with van der Waals surface area (Å²) >= 11 is 0. The molecule has 8 heteroatoms. The lowest BCUT2D eigenvalue weighted by Crippen LogP contribution is -2.25. The molecular weight excluding hydrogens is 378 g/mol. The molecule has 150 valence electrons. The monoisotopic (exact) mass is 403 g/mol. The predicted octanol–water partition coefficient (Wildman–Crippen LogP) is 2.67. The highest BCUT2D eigenvalue weighted by Gasteiger charge is 2.33. The van der Waals surface area contributed by atoms with Gasteiger partial charge in [0.25, 0.3) is 11.7 Å². The zero-order valence-electron chi connectivity index (χ0n) is 16.5. The number of hydrogen-bond acceptors (Lipinski definition) is 5. The van der Waals surface area contributed by atoms with Gasteiger partial charge in [-0.25, -0.2) is 13.1 Å². The average Bonchev–Trinajstić information content (AvgIpc) is 3.17. The van der Waals surface area contributed by atoms with Crippen molar-refractivity contribution in [1.29, 1.82) is 0 Å². The van der Waals surface area contributed by atoms with Gasteiger partial charge in [-0.05, 0) is 13.3 Å². The lowest BCUT2D eigenvalue weighted by molar-refractivity contribution is -0.112. The van der Waals surface area contributed by atoms with Gasteiger partial charge in [0.2, 0.25) is 0 Å². The Morgan fingerprint density at radius 3 is 2.36 bits per heavy atom. The number of sulfone groups is 1. The van der Waals surface area contributed by atoms with E-state index in [-0.39, 0.29) is 23.0 Å². The number of Topliss-reactive ketones (excluding diaryl/α,β-unsaturated/α-hetero) is 1. The summed E-state index contributed by atoms with van der Waals surface area (Å²) in [5.74, 6) is -1.00. The first kappa shape index (κ1) is 20.3. The molecule has 2 heterocycles. The number of aromatic nitrogens is 2. The van der Waals surface area contributed by atoms with Gasteiger partial charge >= 0.3 is 0 Å². The van der Waals surface area contributed by atoms with Crippen LogP contribution in [0.5, 0.6) is 0 Å². The fourth-order valence-corrected chi connectivity index (χ4v) is 4.80. The second-order valence-corrected chi connectivity index (χ2v) is 10.5. The molecule has 1 aromatic carbocycles. The number of benzene rings is 1. The number of anilines is 1. The summed E-state index contributed by atoms with van der Waals surface area (Å²) < 4.78 is 25.3. The molecule has 7 nitrogen and oxygen atoms in total. The molecule has 1 aliphatic heterocycles. The molecule has 3 rings (SSSR count). The van der Waals surface area contributed by atoms with Crippen LogP contribution >= 0.6 is 0 Å². The van der Waals surface area contributed by atoms with Gasteiger partial charge in [-0.2, -0.15) is 5.10 Å². The van der Waals surface area contributed by atoms with Crippen LogP contribution in [0.25, 0.3) is 0 Å². The van der Waals surface area contributed by atoms with Gasteiger partial charge in [-0.15, -0.1) is 0 Å². The number of rotatable bonds is 4. The van der Waals surface area contributed by atoms with Crippen molar-refractivity contribution in [1.82, 2.24) is 9.78 Å². The zero-order valence-corrected chi connectivity index (χ0v) is 17.3. The number of hydrogen-bond donors (Lipinski definition) is 1. The largest absolute Gasteiger partial charge is 0.304 e. The van der Waals surface area contributed by atoms with E-state index in [0.717, 1.165) is 11.3 Å². The van der Waals surface area contributed by atoms with Gasteiger partial charge in [0.1, 0.15) is 5.82 Å². The van der Waals surface area contributed by atoms with Crippen molar-refractivity contribution in [3.8, 4) is 0 Å². The molecule has 2 aromatic rings. The van der Waals surface area contributed by atoms with E-state index in [0.29, 0.717) is 17.8 Å². The second-order valence-electron chi connectivity index (χ2n) is 8.32. The van der Waals surface area contributed by atoms with Crippen molar-refractivity contribution in [2.24, 2.45) is 0 Å². The molecule has 0 unspecified atom stereocenters. The summed E-state index contributed by atoms with van der Waals surface area (Å²) in [4.78, 5) is 25.0. The minimum Gasteiger partial charge on any atom is -0.304 e. The molecule has 0 bridgehead atoms. The van der Waals surface area contributed by atoms with Gasteiger partial charge in [-0.3, -0.25) is 9.59 Å². The molecule has 0 saturated carbocycles. The maximum absolute atomic E-state index is 12.5. The molecule has 1 aromatic heterocycles. The SMILES string of the molecule is Cc1ccc(C(=O)C(=O)Nc2cc(C(C)(C)C)nn2[C@@H]2CCS(=O)(=O)C2)cc1. The molecule has 1 fully saturated rings. The Balaban J connectivity index is 1.89. The van der Waals surface area contributed by atoms with Crippen molar-refractivity contribution in [3.05, 3.63) is 47.2 Å². The van der Waals surface area contributed by atoms with E-state index >= 15 is 0 Å². The summed E-state index contributed by atoms with van der Waals surface area (Å²) in [7, 11) is -3.12. The molecule has 1 saturated heterocycles. The summed E-state index contributed by atoms with van der Waals surface area (Å²) in [6.07, 6.45) is 0.433. The summed E-state index contributed by atoms with van der Waals surface area (Å²) in [6, 6.07) is 8.12. The smallest absolute Gasteiger partial charge is 0.297 e. The number of carbonyl (C=O) groups is 2. The van der Waals surface area contributed by atoms with Gasteiger partial charge in [-0.1, -0.05) is 50.6 Å². The number of ketones is 1. The van der Waals surface area contributed by atoms with E-state index in [2.05, 4.69) is 10.4 Å². The maximum atomic E-state index is 12.5. The van der Waals surface area contributed by atoms with Crippen molar-refractivity contribution >= 4 is 27.3 Å². The fourth-order valence-electron chi connectivity index (χ4n) is 3.11. The van der Waals surface area contributed by atoms with Gasteiger partial charge in [0.05, 0.1) is 23.2 Å². The van der Waals surface area contributed by atoms with Crippen LogP contribution < -0.4 is 5.32 Å². The van der Waals surface area contributed by atoms with E-state index in [1.165, 1.54) is 0 Å². The summed E-state index contributed by atoms with van der Waals surface area (Å²) in [5.41, 5.74) is 1.72. The van der Waals surface area contributed by atoms with E-state index in [4.69, 9.17) is 0 Å². The van der Waals surface area contributed by atoms with Crippen LogP contribution in [0.2, 0.25) is 0 Å². The van der Waals surface area contributed by atoms with Crippen LogP contribution in [-0.4, -0.2) is 41.4 Å². The van der Waals surface area contributed by atoms with Crippen LogP contribution in [0.4, 0.5) is 5.82 Å². The fraction of sp³-hybridized carbons (Fsp3) is 0.450. The number of nitrogens with one attached hydrogen (secondary N) is 1. The Bertz CT molecular complexity index is 1010. The van der Waals surface area contributed by atoms with Crippen molar-refractivity contribution < 1.29 is 18.0 Å². The van der Waals surface area contributed by atoms with Gasteiger partial charge < -0.3 is 5.32 Å². The Morgan fingerprint density at radius 1 is 1.18 bits per heavy atom. The first-order valence-corrected chi connectivity index (χ1v) is 11.0. The van der Waals surface area contributed by atoms with E-state index in [1.807, 2.05) is 27.7 Å². The highest BCUT2D eigenvalue weighted by molar-refractivity contribution is 7.91. The van der Waals surface area contributed by atoms with E-state index < -0.39 is 21.5 Å². The first-order valence-electron chi connectivity index (χ1n) is 9.19. The molecule has 0 aliphatic carbocycles. The average molecular weight is 404 g/mol. The zero-order chi connectivity index (χ0) is 20.7. The maximum Gasteiger partial charge on any atom is 0.297 e. The molecule has 0 spiro atoms. The molecule has 28 heavy (non-hydrogen) atoms. The van der Waals surface area contributed by atoms with Crippen molar-refractivity contribution in [2.75, 3.05) is 16.8 Å². The molecule has 1 N–H and O–H groups in total. The molecular formula is C20H25N3O4S. The first-order chi connectivity index (χ1) is 13.0. The second kappa shape index (κ2) is 7.16. The third-order valence-electron chi connectivity index (χ3n) is 4.82. The third kappa shape index (κ3) is 4.32. The lowest BCUT2D eigenvalue weighted by Gasteiger charge is -2.15. The van der Waals surface area contributed by atoms with Crippen molar-refractivity contribution in [3.63, 3.8) is 0 Å². The Morgan fingerprint density at radius 2 is 1.82 bits per heavy atom. The molecule has 1 amide bonds. The molecule has 0 radical (unpaired) electrons. The van der Waals surface area contributed by atoms with Crippen LogP contribution in [-0.2, 0) is 20.0 Å². The Hall–Kier alpha value is -2.48. The van der Waals surface area contributed by atoms with Crippen LogP contribution in [0, 0.1) is 6.92 Å². The normalized spacial score (nSPS) is 18.8. The summed E-state index contributed by atoms with van der Waals surface area (Å²) in [5, 5.41) is 7.19. The number of carbonyl (C=O) groups excluding carboxylic acids is 2. The van der Waals surface area contributed by atoms with Crippen LogP contribution in [0.15, 0.2) is 30.3 Å². The van der Waals surface area contributed by atoms with E-state index in [1.54, 1.807) is 35.0 Å². The third-order valence-corrected chi connectivity index (χ3v) is 6.57. The Kier molecular flexibility index (Phi) is 5.18. The summed E-state index contributed by atoms with van der Waals surface area (Å²) in [6.45, 7) is 7.84. The van der Waals surface area contributed by atoms with Crippen LogP contribution in [0.3, 0.4) is 0 Å². The molecule has 1 aliphatic rings. The number of aryl methyl sites for hydroxylation is 1. The van der Waals surface area contributed by atoms with E-state index in [9.17, 15) is 18.0 Å².